The number of amides is 1. The van der Waals surface area contributed by atoms with Crippen molar-refractivity contribution < 1.29 is 4.79 Å². The van der Waals surface area contributed by atoms with E-state index >= 15 is 0 Å². The van der Waals surface area contributed by atoms with Gasteiger partial charge in [-0.2, -0.15) is 0 Å². The molecule has 1 aliphatic rings. The summed E-state index contributed by atoms with van der Waals surface area (Å²) in [6.07, 6.45) is 2.58. The molecule has 18 heavy (non-hydrogen) atoms. The molecule has 0 saturated carbocycles. The summed E-state index contributed by atoms with van der Waals surface area (Å²) in [4.78, 5) is 14.5. The van der Waals surface area contributed by atoms with Gasteiger partial charge in [0.2, 0.25) is 0 Å². The largest absolute Gasteiger partial charge is 0.348 e. The van der Waals surface area contributed by atoms with Crippen LogP contribution in [0.1, 0.15) is 30.1 Å². The zero-order valence-corrected chi connectivity index (χ0v) is 12.8. The van der Waals surface area contributed by atoms with E-state index in [0.29, 0.717) is 0 Å². The second kappa shape index (κ2) is 6.52. The second-order valence-corrected chi connectivity index (χ2v) is 6.02. The molecule has 2 rings (SSSR count). The summed E-state index contributed by atoms with van der Waals surface area (Å²) in [5.41, 5.74) is 0.770. The Balaban J connectivity index is 1.88. The number of likely N-dealkylation sites (tertiary alicyclic amines) is 1. The van der Waals surface area contributed by atoms with Crippen LogP contribution in [0.2, 0.25) is 0 Å². The molecule has 0 spiro atoms. The molecular formula is C14H19IN2O. The maximum atomic E-state index is 12.1. The highest BCUT2D eigenvalue weighted by Crippen LogP contribution is 2.12. The predicted octanol–water partition coefficient (Wildman–Crippen LogP) is 2.51. The maximum Gasteiger partial charge on any atom is 0.252 e. The first-order chi connectivity index (χ1) is 8.66. The van der Waals surface area contributed by atoms with Gasteiger partial charge in [-0.05, 0) is 67.6 Å². The smallest absolute Gasteiger partial charge is 0.252 e. The van der Waals surface area contributed by atoms with E-state index in [1.54, 1.807) is 0 Å². The van der Waals surface area contributed by atoms with Gasteiger partial charge in [0.15, 0.2) is 0 Å². The highest BCUT2D eigenvalue weighted by atomic mass is 127. The summed E-state index contributed by atoms with van der Waals surface area (Å²) in [5.74, 6) is 0.0340. The van der Waals surface area contributed by atoms with Gasteiger partial charge < -0.3 is 10.2 Å². The molecule has 1 N–H and O–H groups in total. The van der Waals surface area contributed by atoms with Crippen molar-refractivity contribution in [2.24, 2.45) is 0 Å². The molecule has 1 saturated heterocycles. The van der Waals surface area contributed by atoms with Crippen molar-refractivity contribution in [2.45, 2.75) is 25.8 Å². The topological polar surface area (TPSA) is 32.3 Å². The number of hydrogen-bond donors (Lipinski definition) is 1. The molecule has 1 unspecified atom stereocenters. The van der Waals surface area contributed by atoms with E-state index in [4.69, 9.17) is 0 Å². The van der Waals surface area contributed by atoms with Crippen LogP contribution < -0.4 is 5.32 Å². The van der Waals surface area contributed by atoms with E-state index in [1.807, 2.05) is 24.3 Å². The number of rotatable bonds is 4. The van der Waals surface area contributed by atoms with Gasteiger partial charge in [0.1, 0.15) is 0 Å². The SMILES string of the molecule is CC(CN1CCCC1)NC(=O)c1ccccc1I. The Labute approximate surface area is 122 Å². The van der Waals surface area contributed by atoms with Crippen LogP contribution in [0.25, 0.3) is 0 Å². The van der Waals surface area contributed by atoms with Crippen molar-refractivity contribution in [3.8, 4) is 0 Å². The van der Waals surface area contributed by atoms with E-state index in [0.717, 1.165) is 15.7 Å². The first-order valence-corrected chi connectivity index (χ1v) is 7.52. The molecule has 0 aromatic heterocycles. The number of carbonyl (C=O) groups is 1. The molecule has 1 heterocycles. The molecule has 4 heteroatoms. The van der Waals surface area contributed by atoms with E-state index < -0.39 is 0 Å². The number of benzene rings is 1. The first-order valence-electron chi connectivity index (χ1n) is 6.44. The summed E-state index contributed by atoms with van der Waals surface area (Å²) < 4.78 is 1.00. The Bertz CT molecular complexity index is 416. The lowest BCUT2D eigenvalue weighted by molar-refractivity contribution is 0.0931. The molecule has 3 nitrogen and oxygen atoms in total. The highest BCUT2D eigenvalue weighted by molar-refractivity contribution is 14.1. The summed E-state index contributed by atoms with van der Waals surface area (Å²) in [6.45, 7) is 5.37. The number of hydrogen-bond acceptors (Lipinski definition) is 2. The normalized spacial score (nSPS) is 17.7. The molecule has 1 atom stereocenters. The molecular weight excluding hydrogens is 339 g/mol. The zero-order chi connectivity index (χ0) is 13.0. The average molecular weight is 358 g/mol. The highest BCUT2D eigenvalue weighted by Gasteiger charge is 2.17. The van der Waals surface area contributed by atoms with Crippen LogP contribution in [0.15, 0.2) is 24.3 Å². The Morgan fingerprint density at radius 2 is 2.06 bits per heavy atom. The van der Waals surface area contributed by atoms with E-state index in [-0.39, 0.29) is 11.9 Å². The lowest BCUT2D eigenvalue weighted by atomic mass is 10.2. The third kappa shape index (κ3) is 3.68. The van der Waals surface area contributed by atoms with Crippen LogP contribution in [-0.4, -0.2) is 36.5 Å². The van der Waals surface area contributed by atoms with Crippen molar-refractivity contribution >= 4 is 28.5 Å². The first kappa shape index (κ1) is 13.8. The van der Waals surface area contributed by atoms with E-state index in [1.165, 1.54) is 25.9 Å². The zero-order valence-electron chi connectivity index (χ0n) is 10.7. The summed E-state index contributed by atoms with van der Waals surface area (Å²) >= 11 is 2.20. The van der Waals surface area contributed by atoms with Crippen LogP contribution in [0.4, 0.5) is 0 Å². The van der Waals surface area contributed by atoms with Crippen molar-refractivity contribution in [3.05, 3.63) is 33.4 Å². The molecule has 0 bridgehead atoms. The Morgan fingerprint density at radius 1 is 1.39 bits per heavy atom. The van der Waals surface area contributed by atoms with Crippen molar-refractivity contribution in [2.75, 3.05) is 19.6 Å². The quantitative estimate of drug-likeness (QED) is 0.839. The van der Waals surface area contributed by atoms with Gasteiger partial charge in [0.25, 0.3) is 5.91 Å². The van der Waals surface area contributed by atoms with Crippen LogP contribution in [-0.2, 0) is 0 Å². The minimum absolute atomic E-state index is 0.0340. The number of nitrogens with one attached hydrogen (secondary N) is 1. The van der Waals surface area contributed by atoms with Gasteiger partial charge in [-0.15, -0.1) is 0 Å². The van der Waals surface area contributed by atoms with Gasteiger partial charge in [-0.25, -0.2) is 0 Å². The Kier molecular flexibility index (Phi) is 5.00. The molecule has 1 fully saturated rings. The number of halogens is 1. The van der Waals surface area contributed by atoms with Gasteiger partial charge in [-0.3, -0.25) is 4.79 Å². The molecule has 1 aliphatic heterocycles. The molecule has 1 aromatic rings. The van der Waals surface area contributed by atoms with Gasteiger partial charge >= 0.3 is 0 Å². The summed E-state index contributed by atoms with van der Waals surface area (Å²) in [5, 5.41) is 3.08. The van der Waals surface area contributed by atoms with Crippen molar-refractivity contribution in [3.63, 3.8) is 0 Å². The van der Waals surface area contributed by atoms with Crippen molar-refractivity contribution in [1.29, 1.82) is 0 Å². The number of carbonyl (C=O) groups excluding carboxylic acids is 1. The fourth-order valence-corrected chi connectivity index (χ4v) is 2.98. The molecule has 1 aromatic carbocycles. The van der Waals surface area contributed by atoms with Crippen LogP contribution >= 0.6 is 22.6 Å². The minimum Gasteiger partial charge on any atom is -0.348 e. The molecule has 0 radical (unpaired) electrons. The fraction of sp³-hybridized carbons (Fsp3) is 0.500. The Hall–Kier alpha value is -0.620. The predicted molar refractivity (Wildman–Crippen MR) is 81.8 cm³/mol. The van der Waals surface area contributed by atoms with E-state index in [9.17, 15) is 4.79 Å². The molecule has 1 amide bonds. The van der Waals surface area contributed by atoms with Crippen LogP contribution in [0.3, 0.4) is 0 Å². The standard InChI is InChI=1S/C14H19IN2O/c1-11(10-17-8-4-5-9-17)16-14(18)12-6-2-3-7-13(12)15/h2-3,6-7,11H,4-5,8-10H2,1H3,(H,16,18). The van der Waals surface area contributed by atoms with Gasteiger partial charge in [0.05, 0.1) is 5.56 Å². The minimum atomic E-state index is 0.0340. The lowest BCUT2D eigenvalue weighted by Crippen LogP contribution is -2.41. The molecule has 98 valence electrons. The number of nitrogens with zero attached hydrogens (tertiary/aromatic N) is 1. The lowest BCUT2D eigenvalue weighted by Gasteiger charge is -2.21. The summed E-state index contributed by atoms with van der Waals surface area (Å²) in [7, 11) is 0. The van der Waals surface area contributed by atoms with Crippen molar-refractivity contribution in [1.82, 2.24) is 10.2 Å². The third-order valence-electron chi connectivity index (χ3n) is 3.23. The van der Waals surface area contributed by atoms with Gasteiger partial charge in [0, 0.05) is 16.2 Å². The summed E-state index contributed by atoms with van der Waals surface area (Å²) in [6, 6.07) is 7.89. The monoisotopic (exact) mass is 358 g/mol. The second-order valence-electron chi connectivity index (χ2n) is 4.86. The fourth-order valence-electron chi connectivity index (χ4n) is 2.35. The van der Waals surface area contributed by atoms with E-state index in [2.05, 4.69) is 39.7 Å². The third-order valence-corrected chi connectivity index (χ3v) is 4.17. The van der Waals surface area contributed by atoms with Crippen LogP contribution in [0, 0.1) is 3.57 Å². The molecule has 0 aliphatic carbocycles. The average Bonchev–Trinajstić information content (AvgIpc) is 2.82. The van der Waals surface area contributed by atoms with Crippen LogP contribution in [0.5, 0.6) is 0 Å². The van der Waals surface area contributed by atoms with Gasteiger partial charge in [-0.1, -0.05) is 12.1 Å². The maximum absolute atomic E-state index is 12.1. The Morgan fingerprint density at radius 3 is 2.72 bits per heavy atom.